The summed E-state index contributed by atoms with van der Waals surface area (Å²) in [5.41, 5.74) is 5.24. The van der Waals surface area contributed by atoms with E-state index < -0.39 is 28.6 Å². The molecule has 1 aliphatic carbocycles. The van der Waals surface area contributed by atoms with Crippen LogP contribution in [0.15, 0.2) is 29.4 Å². The molecule has 2 aromatic carbocycles. The van der Waals surface area contributed by atoms with Crippen molar-refractivity contribution in [2.75, 3.05) is 6.54 Å². The van der Waals surface area contributed by atoms with Gasteiger partial charge in [-0.15, -0.1) is 5.10 Å². The van der Waals surface area contributed by atoms with Crippen LogP contribution >= 0.6 is 0 Å². The van der Waals surface area contributed by atoms with Gasteiger partial charge in [0, 0.05) is 17.7 Å². The zero-order valence-corrected chi connectivity index (χ0v) is 16.2. The third-order valence-electron chi connectivity index (χ3n) is 4.47. The number of fused-ring (bicyclic) bond motifs is 1. The molecule has 9 heteroatoms. The van der Waals surface area contributed by atoms with Crippen LogP contribution in [0.25, 0.3) is 0 Å². The molecule has 0 bridgehead atoms. The van der Waals surface area contributed by atoms with E-state index in [1.54, 1.807) is 0 Å². The average molecular weight is 408 g/mol. The number of rotatable bonds is 6. The van der Waals surface area contributed by atoms with Gasteiger partial charge in [-0.1, -0.05) is 0 Å². The third-order valence-corrected chi connectivity index (χ3v) is 4.47. The second-order valence-electron chi connectivity index (χ2n) is 7.62. The summed E-state index contributed by atoms with van der Waals surface area (Å²) in [7, 11) is 0. The summed E-state index contributed by atoms with van der Waals surface area (Å²) in [6.07, 6.45) is 2.04. The van der Waals surface area contributed by atoms with Gasteiger partial charge in [0.25, 0.3) is 0 Å². The van der Waals surface area contributed by atoms with Gasteiger partial charge in [0.15, 0.2) is 5.84 Å². The molecule has 156 valence electrons. The van der Waals surface area contributed by atoms with E-state index in [0.717, 1.165) is 23.7 Å². The van der Waals surface area contributed by atoms with Crippen molar-refractivity contribution in [3.8, 4) is 11.5 Å². The van der Waals surface area contributed by atoms with E-state index in [0.29, 0.717) is 29.7 Å². The minimum absolute atomic E-state index is 0.0849. The number of halogens is 3. The Hall–Kier alpha value is -2.78. The average Bonchev–Trinajstić information content (AvgIpc) is 3.05. The van der Waals surface area contributed by atoms with Crippen LogP contribution in [-0.4, -0.2) is 28.2 Å². The Morgan fingerprint density at radius 1 is 1.14 bits per heavy atom. The molecular weight excluding hydrogens is 385 g/mol. The first kappa shape index (κ1) is 20.9. The smallest absolute Gasteiger partial charge is 0.158 e. The van der Waals surface area contributed by atoms with Crippen molar-refractivity contribution in [1.29, 1.82) is 0 Å². The van der Waals surface area contributed by atoms with Crippen molar-refractivity contribution in [1.82, 2.24) is 5.12 Å². The Labute approximate surface area is 166 Å². The van der Waals surface area contributed by atoms with Gasteiger partial charge >= 0.3 is 0 Å². The van der Waals surface area contributed by atoms with E-state index in [2.05, 4.69) is 5.10 Å². The second-order valence-corrected chi connectivity index (χ2v) is 7.62. The van der Waals surface area contributed by atoms with Gasteiger partial charge in [-0.05, 0) is 50.8 Å². The van der Waals surface area contributed by atoms with Gasteiger partial charge in [-0.2, -0.15) is 0 Å². The summed E-state index contributed by atoms with van der Waals surface area (Å²) < 4.78 is 48.6. The van der Waals surface area contributed by atoms with E-state index in [4.69, 9.17) is 16.3 Å². The lowest BCUT2D eigenvalue weighted by Crippen LogP contribution is -2.41. The highest BCUT2D eigenvalue weighted by Gasteiger charge is 2.22. The zero-order valence-electron chi connectivity index (χ0n) is 16.2. The Kier molecular flexibility index (Phi) is 5.72. The molecule has 6 nitrogen and oxygen atoms in total. The summed E-state index contributed by atoms with van der Waals surface area (Å²) in [6.45, 7) is 2.89. The van der Waals surface area contributed by atoms with Gasteiger partial charge in [-0.3, -0.25) is 0 Å². The van der Waals surface area contributed by atoms with Crippen LogP contribution in [0, 0.1) is 17.5 Å². The van der Waals surface area contributed by atoms with Crippen LogP contribution in [0.1, 0.15) is 37.0 Å². The lowest BCUT2D eigenvalue weighted by atomic mass is 10.1. The number of nitrogens with two attached hydrogens (primary N) is 2. The number of aliphatic hydroxyl groups is 1. The molecule has 2 aromatic rings. The first-order valence-corrected chi connectivity index (χ1v) is 9.11. The quantitative estimate of drug-likeness (QED) is 0.296. The van der Waals surface area contributed by atoms with Gasteiger partial charge in [-0.25, -0.2) is 24.1 Å². The molecule has 0 atom stereocenters. The maximum atomic E-state index is 14.5. The maximum absolute atomic E-state index is 14.5. The first-order chi connectivity index (χ1) is 13.5. The van der Waals surface area contributed by atoms with Crippen LogP contribution in [0.2, 0.25) is 0 Å². The fourth-order valence-corrected chi connectivity index (χ4v) is 3.33. The lowest BCUT2D eigenvalue weighted by molar-refractivity contribution is 0.0371. The molecule has 3 rings (SSSR count). The normalized spacial score (nSPS) is 14.1. The number of benzene rings is 2. The fraction of sp³-hybridized carbons (Fsp3) is 0.350. The first-order valence-electron chi connectivity index (χ1n) is 9.11. The highest BCUT2D eigenvalue weighted by Crippen LogP contribution is 2.35. The minimum Gasteiger partial charge on any atom is -0.457 e. The van der Waals surface area contributed by atoms with Gasteiger partial charge < -0.3 is 15.6 Å². The van der Waals surface area contributed by atoms with Crippen molar-refractivity contribution in [2.24, 2.45) is 16.7 Å². The molecule has 5 N–H and O–H groups in total. The number of ether oxygens (including phenoxy) is 1. The number of nitrogens with zero attached hydrogens (tertiary/aromatic N) is 2. The summed E-state index contributed by atoms with van der Waals surface area (Å²) >= 11 is 0. The number of hydrazone groups is 1. The molecule has 0 fully saturated rings. The molecule has 0 radical (unpaired) electrons. The second kappa shape index (κ2) is 7.92. The summed E-state index contributed by atoms with van der Waals surface area (Å²) in [6, 6.07) is 4.68. The van der Waals surface area contributed by atoms with Gasteiger partial charge in [0.1, 0.15) is 29.0 Å². The standard InChI is InChI=1S/C20H23F3N4O2/c1-20(2,28)10-27(25)26-19(24)18-15(22)8-11(9-16(18)23)29-17-7-6-14(21)12-4-3-5-13(12)17/h6-9,28H,3-5,10,25H2,1-2H3,(H2,24,26). The predicted octanol–water partition coefficient (Wildman–Crippen LogP) is 2.95. The fourth-order valence-electron chi connectivity index (χ4n) is 3.33. The van der Waals surface area contributed by atoms with Crippen molar-refractivity contribution in [3.05, 3.63) is 58.4 Å². The number of hydrogen-bond donors (Lipinski definition) is 3. The molecule has 1 aliphatic rings. The molecule has 0 aromatic heterocycles. The topological polar surface area (TPSA) is 97.1 Å². The van der Waals surface area contributed by atoms with Crippen molar-refractivity contribution in [3.63, 3.8) is 0 Å². The molecule has 0 spiro atoms. The Morgan fingerprint density at radius 3 is 2.38 bits per heavy atom. The molecular formula is C20H23F3N4O2. The number of hydrazine groups is 1. The van der Waals surface area contributed by atoms with Crippen LogP contribution in [0.3, 0.4) is 0 Å². The molecule has 0 saturated carbocycles. The highest BCUT2D eigenvalue weighted by molar-refractivity contribution is 5.97. The maximum Gasteiger partial charge on any atom is 0.158 e. The number of amidine groups is 1. The molecule has 0 aliphatic heterocycles. The van der Waals surface area contributed by atoms with E-state index in [-0.39, 0.29) is 18.1 Å². The van der Waals surface area contributed by atoms with Crippen LogP contribution in [0.5, 0.6) is 11.5 Å². The Balaban J connectivity index is 1.86. The zero-order chi connectivity index (χ0) is 21.3. The largest absolute Gasteiger partial charge is 0.457 e. The van der Waals surface area contributed by atoms with Crippen molar-refractivity contribution in [2.45, 2.75) is 38.7 Å². The molecule has 0 amide bonds. The van der Waals surface area contributed by atoms with E-state index in [1.165, 1.54) is 26.0 Å². The molecule has 0 saturated heterocycles. The van der Waals surface area contributed by atoms with Crippen molar-refractivity contribution >= 4 is 5.84 Å². The van der Waals surface area contributed by atoms with Gasteiger partial charge in [0.05, 0.1) is 17.7 Å². The Bertz CT molecular complexity index is 934. The summed E-state index contributed by atoms with van der Waals surface area (Å²) in [5.74, 6) is 3.11. The molecule has 0 heterocycles. The van der Waals surface area contributed by atoms with Crippen LogP contribution in [-0.2, 0) is 12.8 Å². The van der Waals surface area contributed by atoms with Gasteiger partial charge in [0.2, 0.25) is 0 Å². The number of hydrogen-bond acceptors (Lipinski definition) is 5. The Morgan fingerprint density at radius 2 is 1.76 bits per heavy atom. The van der Waals surface area contributed by atoms with Crippen LogP contribution < -0.4 is 16.3 Å². The van der Waals surface area contributed by atoms with E-state index in [9.17, 15) is 18.3 Å². The summed E-state index contributed by atoms with van der Waals surface area (Å²) in [5, 5.41) is 14.2. The van der Waals surface area contributed by atoms with E-state index >= 15 is 0 Å². The molecule has 29 heavy (non-hydrogen) atoms. The minimum atomic E-state index is -1.18. The monoisotopic (exact) mass is 408 g/mol. The summed E-state index contributed by atoms with van der Waals surface area (Å²) in [4.78, 5) is 0. The molecule has 0 unspecified atom stereocenters. The third kappa shape index (κ3) is 4.80. The van der Waals surface area contributed by atoms with Crippen LogP contribution in [0.4, 0.5) is 13.2 Å². The SMILES string of the molecule is CC(C)(O)CN(N)/N=C(\N)c1c(F)cc(Oc2ccc(F)c3c2CCC3)cc1F. The lowest BCUT2D eigenvalue weighted by Gasteiger charge is -2.23. The van der Waals surface area contributed by atoms with Crippen molar-refractivity contribution < 1.29 is 23.0 Å². The van der Waals surface area contributed by atoms with E-state index in [1.807, 2.05) is 0 Å². The highest BCUT2D eigenvalue weighted by atomic mass is 19.1. The predicted molar refractivity (Wildman–Crippen MR) is 103 cm³/mol.